The van der Waals surface area contributed by atoms with Gasteiger partial charge >= 0.3 is 0 Å². The average molecular weight is 269 g/mol. The van der Waals surface area contributed by atoms with Gasteiger partial charge in [0.2, 0.25) is 0 Å². The predicted molar refractivity (Wildman–Crippen MR) is 66.9 cm³/mol. The van der Waals surface area contributed by atoms with Crippen molar-refractivity contribution >= 4 is 11.6 Å². The number of rotatable bonds is 3. The van der Waals surface area contributed by atoms with E-state index in [0.29, 0.717) is 11.3 Å². The van der Waals surface area contributed by atoms with Crippen molar-refractivity contribution in [2.24, 2.45) is 0 Å². The minimum absolute atomic E-state index is 0.0615. The second kappa shape index (κ2) is 5.36. The highest BCUT2D eigenvalue weighted by atomic mass is 35.5. The lowest BCUT2D eigenvalue weighted by atomic mass is 10.2. The van der Waals surface area contributed by atoms with E-state index in [-0.39, 0.29) is 17.4 Å². The zero-order valence-electron chi connectivity index (χ0n) is 9.71. The molecule has 0 saturated heterocycles. The molecule has 0 bridgehead atoms. The van der Waals surface area contributed by atoms with Crippen molar-refractivity contribution in [1.82, 2.24) is 0 Å². The van der Waals surface area contributed by atoms with E-state index in [2.05, 4.69) is 0 Å². The summed E-state index contributed by atoms with van der Waals surface area (Å²) in [6.45, 7) is 1.92. The fourth-order valence-electron chi connectivity index (χ4n) is 1.50. The standard InChI is InChI=1S/C14H11ClF2O/c1-9-6-11(3-5-13(9)16)18-8-10-2-4-14(17)12(15)7-10/h2-7H,8H2,1H3. The Balaban J connectivity index is 2.06. The Morgan fingerprint density at radius 2 is 1.78 bits per heavy atom. The molecule has 0 heterocycles. The number of benzene rings is 2. The summed E-state index contributed by atoms with van der Waals surface area (Å²) >= 11 is 5.66. The smallest absolute Gasteiger partial charge is 0.141 e. The maximum absolute atomic E-state index is 13.0. The monoisotopic (exact) mass is 268 g/mol. The van der Waals surface area contributed by atoms with Gasteiger partial charge in [0.25, 0.3) is 0 Å². The van der Waals surface area contributed by atoms with Crippen molar-refractivity contribution in [2.75, 3.05) is 0 Å². The van der Waals surface area contributed by atoms with Gasteiger partial charge in [0, 0.05) is 0 Å². The van der Waals surface area contributed by atoms with Gasteiger partial charge in [-0.1, -0.05) is 17.7 Å². The number of halogens is 3. The fourth-order valence-corrected chi connectivity index (χ4v) is 1.71. The van der Waals surface area contributed by atoms with Gasteiger partial charge < -0.3 is 4.74 Å². The summed E-state index contributed by atoms with van der Waals surface area (Å²) in [4.78, 5) is 0. The third-order valence-corrected chi connectivity index (χ3v) is 2.81. The van der Waals surface area contributed by atoms with Crippen molar-refractivity contribution in [3.8, 4) is 5.75 Å². The Labute approximate surface area is 109 Å². The van der Waals surface area contributed by atoms with Crippen molar-refractivity contribution in [3.05, 3.63) is 64.2 Å². The van der Waals surface area contributed by atoms with Crippen LogP contribution in [0.2, 0.25) is 5.02 Å². The Kier molecular flexibility index (Phi) is 3.82. The Morgan fingerprint density at radius 1 is 1.06 bits per heavy atom. The van der Waals surface area contributed by atoms with Crippen LogP contribution in [0.5, 0.6) is 5.75 Å². The molecule has 0 spiro atoms. The quantitative estimate of drug-likeness (QED) is 0.796. The predicted octanol–water partition coefficient (Wildman–Crippen LogP) is 4.51. The highest BCUT2D eigenvalue weighted by molar-refractivity contribution is 6.30. The molecule has 94 valence electrons. The van der Waals surface area contributed by atoms with Crippen LogP contribution < -0.4 is 4.74 Å². The third-order valence-electron chi connectivity index (χ3n) is 2.52. The van der Waals surface area contributed by atoms with Gasteiger partial charge in [-0.05, 0) is 48.4 Å². The van der Waals surface area contributed by atoms with E-state index in [1.54, 1.807) is 25.1 Å². The lowest BCUT2D eigenvalue weighted by molar-refractivity contribution is 0.305. The molecule has 0 aliphatic heterocycles. The highest BCUT2D eigenvalue weighted by Gasteiger charge is 2.03. The Bertz CT molecular complexity index is 518. The first-order valence-corrected chi connectivity index (χ1v) is 5.77. The maximum atomic E-state index is 13.0. The van der Waals surface area contributed by atoms with E-state index in [1.165, 1.54) is 18.2 Å². The van der Waals surface area contributed by atoms with Crippen LogP contribution in [0.4, 0.5) is 8.78 Å². The molecule has 0 aromatic heterocycles. The lowest BCUT2D eigenvalue weighted by Crippen LogP contribution is -1.96. The molecule has 0 radical (unpaired) electrons. The van der Waals surface area contributed by atoms with Gasteiger partial charge in [-0.2, -0.15) is 0 Å². The summed E-state index contributed by atoms with van der Waals surface area (Å²) in [5.74, 6) is -0.167. The molecule has 4 heteroatoms. The summed E-state index contributed by atoms with van der Waals surface area (Å²) in [6.07, 6.45) is 0. The van der Waals surface area contributed by atoms with Crippen LogP contribution in [0.25, 0.3) is 0 Å². The van der Waals surface area contributed by atoms with Crippen molar-refractivity contribution in [1.29, 1.82) is 0 Å². The number of aryl methyl sites for hydroxylation is 1. The second-order valence-electron chi connectivity index (χ2n) is 3.95. The SMILES string of the molecule is Cc1cc(OCc2ccc(F)c(Cl)c2)ccc1F. The number of hydrogen-bond acceptors (Lipinski definition) is 1. The van der Waals surface area contributed by atoms with Gasteiger partial charge in [-0.3, -0.25) is 0 Å². The minimum atomic E-state index is -0.460. The average Bonchev–Trinajstić information content (AvgIpc) is 2.35. The second-order valence-corrected chi connectivity index (χ2v) is 4.36. The molecule has 0 N–H and O–H groups in total. The van der Waals surface area contributed by atoms with E-state index < -0.39 is 5.82 Å². The summed E-state index contributed by atoms with van der Waals surface area (Å²) in [5, 5.41) is 0.0615. The zero-order chi connectivity index (χ0) is 13.1. The molecule has 0 fully saturated rings. The molecule has 0 saturated carbocycles. The normalized spacial score (nSPS) is 10.4. The molecule has 0 aliphatic carbocycles. The van der Waals surface area contributed by atoms with Crippen LogP contribution in [-0.2, 0) is 6.61 Å². The van der Waals surface area contributed by atoms with Crippen LogP contribution in [0.15, 0.2) is 36.4 Å². The van der Waals surface area contributed by atoms with E-state index >= 15 is 0 Å². The van der Waals surface area contributed by atoms with Crippen LogP contribution in [0.1, 0.15) is 11.1 Å². The Hall–Kier alpha value is -1.61. The number of hydrogen-bond donors (Lipinski definition) is 0. The first-order valence-electron chi connectivity index (χ1n) is 5.39. The first-order chi connectivity index (χ1) is 8.56. The van der Waals surface area contributed by atoms with Crippen molar-refractivity contribution in [3.63, 3.8) is 0 Å². The molecule has 0 atom stereocenters. The third kappa shape index (κ3) is 2.99. The summed E-state index contributed by atoms with van der Waals surface area (Å²) in [5.41, 5.74) is 1.27. The molecule has 2 aromatic carbocycles. The van der Waals surface area contributed by atoms with Gasteiger partial charge in [-0.25, -0.2) is 8.78 Å². The highest BCUT2D eigenvalue weighted by Crippen LogP contribution is 2.20. The summed E-state index contributed by atoms with van der Waals surface area (Å²) < 4.78 is 31.5. The zero-order valence-corrected chi connectivity index (χ0v) is 10.5. The van der Waals surface area contributed by atoms with Gasteiger partial charge in [0.05, 0.1) is 5.02 Å². The Morgan fingerprint density at radius 3 is 2.44 bits per heavy atom. The molecule has 0 amide bonds. The topological polar surface area (TPSA) is 9.23 Å². The molecule has 2 aromatic rings. The molecular formula is C14H11ClF2O. The molecule has 18 heavy (non-hydrogen) atoms. The van der Waals surface area contributed by atoms with Crippen LogP contribution in [0, 0.1) is 18.6 Å². The minimum Gasteiger partial charge on any atom is -0.489 e. The summed E-state index contributed by atoms with van der Waals surface area (Å²) in [6, 6.07) is 8.90. The maximum Gasteiger partial charge on any atom is 0.141 e. The largest absolute Gasteiger partial charge is 0.489 e. The van der Waals surface area contributed by atoms with Crippen LogP contribution in [-0.4, -0.2) is 0 Å². The lowest BCUT2D eigenvalue weighted by Gasteiger charge is -2.08. The van der Waals surface area contributed by atoms with E-state index in [9.17, 15) is 8.78 Å². The molecule has 0 unspecified atom stereocenters. The molecular weight excluding hydrogens is 258 g/mol. The fraction of sp³-hybridized carbons (Fsp3) is 0.143. The van der Waals surface area contributed by atoms with Gasteiger partial charge in [-0.15, -0.1) is 0 Å². The first kappa shape index (κ1) is 12.8. The van der Waals surface area contributed by atoms with Crippen molar-refractivity contribution in [2.45, 2.75) is 13.5 Å². The molecule has 2 rings (SSSR count). The molecule has 0 aliphatic rings. The van der Waals surface area contributed by atoms with E-state index in [0.717, 1.165) is 5.56 Å². The van der Waals surface area contributed by atoms with Crippen molar-refractivity contribution < 1.29 is 13.5 Å². The van der Waals surface area contributed by atoms with E-state index in [1.807, 2.05) is 0 Å². The summed E-state index contributed by atoms with van der Waals surface area (Å²) in [7, 11) is 0. The van der Waals surface area contributed by atoms with E-state index in [4.69, 9.17) is 16.3 Å². The number of ether oxygens (including phenoxy) is 1. The molecule has 1 nitrogen and oxygen atoms in total. The van der Waals surface area contributed by atoms with Gasteiger partial charge in [0.15, 0.2) is 0 Å². The van der Waals surface area contributed by atoms with Crippen LogP contribution >= 0.6 is 11.6 Å². The van der Waals surface area contributed by atoms with Gasteiger partial charge in [0.1, 0.15) is 24.0 Å². The van der Waals surface area contributed by atoms with Crippen LogP contribution in [0.3, 0.4) is 0 Å².